The molecule has 0 aliphatic heterocycles. The third kappa shape index (κ3) is 8.46. The van der Waals surface area contributed by atoms with Crippen molar-refractivity contribution in [3.05, 3.63) is 29.8 Å². The van der Waals surface area contributed by atoms with Gasteiger partial charge in [0.15, 0.2) is 0 Å². The molecule has 0 aliphatic carbocycles. The highest BCUT2D eigenvalue weighted by Crippen LogP contribution is 2.37. The Kier molecular flexibility index (Phi) is 10.0. The Morgan fingerprint density at radius 1 is 1.14 bits per heavy atom. The van der Waals surface area contributed by atoms with Gasteiger partial charge in [0, 0.05) is 35.5 Å². The minimum Gasteiger partial charge on any atom is -0.305 e. The summed E-state index contributed by atoms with van der Waals surface area (Å²) in [4.78, 5) is 1.17. The van der Waals surface area contributed by atoms with Gasteiger partial charge in [0.05, 0.1) is 6.61 Å². The summed E-state index contributed by atoms with van der Waals surface area (Å²) in [5, 5.41) is 5.62. The maximum atomic E-state index is 12.4. The first kappa shape index (κ1) is 19.3. The van der Waals surface area contributed by atoms with E-state index in [1.807, 2.05) is 0 Å². The van der Waals surface area contributed by atoms with E-state index in [2.05, 4.69) is 41.4 Å². The van der Waals surface area contributed by atoms with E-state index in [9.17, 15) is 4.57 Å². The molecule has 0 atom stereocenters. The minimum absolute atomic E-state index is 0.369. The molecule has 0 saturated heterocycles. The molecule has 1 aromatic rings. The van der Waals surface area contributed by atoms with E-state index in [1.165, 1.54) is 10.5 Å². The van der Waals surface area contributed by atoms with E-state index in [0.29, 0.717) is 31.5 Å². The maximum Gasteiger partial charge on any atom is 0.340 e. The molecule has 0 spiro atoms. The van der Waals surface area contributed by atoms with Gasteiger partial charge in [-0.1, -0.05) is 17.7 Å². The van der Waals surface area contributed by atoms with E-state index < -0.39 is 7.67 Å². The zero-order valence-electron chi connectivity index (χ0n) is 12.0. The van der Waals surface area contributed by atoms with Crippen molar-refractivity contribution < 1.29 is 9.09 Å². The van der Waals surface area contributed by atoms with Crippen LogP contribution in [0.5, 0.6) is 0 Å². The van der Waals surface area contributed by atoms with E-state index in [0.717, 1.165) is 5.75 Å². The highest BCUT2D eigenvalue weighted by Gasteiger charge is 2.21. The zero-order valence-corrected chi connectivity index (χ0v) is 15.2. The summed E-state index contributed by atoms with van der Waals surface area (Å²) in [6, 6.07) is 8.27. The summed E-state index contributed by atoms with van der Waals surface area (Å²) in [7, 11) is -3.06. The van der Waals surface area contributed by atoms with Crippen LogP contribution in [0.15, 0.2) is 29.2 Å². The number of alkyl halides is 2. The summed E-state index contributed by atoms with van der Waals surface area (Å²) in [5.41, 5.74) is 1.23. The Labute approximate surface area is 140 Å². The molecule has 0 aliphatic rings. The molecule has 21 heavy (non-hydrogen) atoms. The van der Waals surface area contributed by atoms with Crippen LogP contribution in [0.4, 0.5) is 0 Å². The molecule has 0 unspecified atom stereocenters. The Morgan fingerprint density at radius 2 is 1.71 bits per heavy atom. The van der Waals surface area contributed by atoms with Crippen LogP contribution in [0.3, 0.4) is 0 Å². The molecule has 0 saturated carbocycles. The van der Waals surface area contributed by atoms with Crippen LogP contribution in [0.1, 0.15) is 5.56 Å². The number of rotatable bonds is 11. The van der Waals surface area contributed by atoms with Crippen LogP contribution < -0.4 is 10.2 Å². The average molecular weight is 371 g/mol. The molecule has 0 heterocycles. The molecular weight excluding hydrogens is 350 g/mol. The van der Waals surface area contributed by atoms with E-state index in [4.69, 9.17) is 27.7 Å². The van der Waals surface area contributed by atoms with Crippen molar-refractivity contribution in [1.29, 1.82) is 0 Å². The second-order valence-electron chi connectivity index (χ2n) is 4.24. The number of thioether (sulfide) groups is 1. The molecule has 1 rings (SSSR count). The topological polar surface area (TPSA) is 50.4 Å². The van der Waals surface area contributed by atoms with Crippen molar-refractivity contribution in [2.45, 2.75) is 11.8 Å². The third-order valence-electron chi connectivity index (χ3n) is 2.48. The monoisotopic (exact) mass is 370 g/mol. The zero-order chi connectivity index (χ0) is 15.6. The van der Waals surface area contributed by atoms with Crippen LogP contribution in [0.25, 0.3) is 0 Å². The number of aryl methyl sites for hydroxylation is 1. The van der Waals surface area contributed by atoms with Crippen molar-refractivity contribution in [2.24, 2.45) is 0 Å². The van der Waals surface area contributed by atoms with Gasteiger partial charge in [0.25, 0.3) is 0 Å². The first-order valence-electron chi connectivity index (χ1n) is 6.66. The van der Waals surface area contributed by atoms with Crippen molar-refractivity contribution in [3.63, 3.8) is 0 Å². The van der Waals surface area contributed by atoms with Crippen molar-refractivity contribution >= 4 is 42.6 Å². The van der Waals surface area contributed by atoms with Gasteiger partial charge in [0.1, 0.15) is 0 Å². The largest absolute Gasteiger partial charge is 0.340 e. The Morgan fingerprint density at radius 3 is 2.24 bits per heavy atom. The Hall–Kier alpha value is 0.260. The van der Waals surface area contributed by atoms with Crippen LogP contribution in [0.2, 0.25) is 0 Å². The first-order valence-corrected chi connectivity index (χ1v) is 10.3. The predicted octanol–water partition coefficient (Wildman–Crippen LogP) is 3.87. The predicted molar refractivity (Wildman–Crippen MR) is 92.9 cm³/mol. The quantitative estimate of drug-likeness (QED) is 0.268. The normalized spacial score (nSPS) is 11.8. The summed E-state index contributed by atoms with van der Waals surface area (Å²) < 4.78 is 17.9. The maximum absolute atomic E-state index is 12.4. The van der Waals surface area contributed by atoms with Crippen molar-refractivity contribution in [1.82, 2.24) is 10.2 Å². The number of hydrogen-bond donors (Lipinski definition) is 2. The lowest BCUT2D eigenvalue weighted by Crippen LogP contribution is -2.27. The summed E-state index contributed by atoms with van der Waals surface area (Å²) in [6.45, 7) is 3.26. The van der Waals surface area contributed by atoms with E-state index in [1.54, 1.807) is 11.8 Å². The molecule has 0 aromatic heterocycles. The van der Waals surface area contributed by atoms with Gasteiger partial charge in [0.2, 0.25) is 0 Å². The molecule has 2 N–H and O–H groups in total. The SMILES string of the molecule is Cc1ccc(SCCOP(=O)(NCCCl)NCCCl)cc1. The lowest BCUT2D eigenvalue weighted by molar-refractivity contribution is 0.320. The number of halogens is 2. The fraction of sp³-hybridized carbons (Fsp3) is 0.538. The smallest absolute Gasteiger partial charge is 0.305 e. The van der Waals surface area contributed by atoms with Gasteiger partial charge >= 0.3 is 7.67 Å². The molecule has 0 fully saturated rings. The number of hydrogen-bond acceptors (Lipinski definition) is 3. The Bertz CT molecular complexity index is 436. The molecule has 120 valence electrons. The van der Waals surface area contributed by atoms with Crippen LogP contribution in [-0.4, -0.2) is 37.2 Å². The third-order valence-corrected chi connectivity index (χ3v) is 5.66. The van der Waals surface area contributed by atoms with E-state index >= 15 is 0 Å². The lowest BCUT2D eigenvalue weighted by atomic mass is 10.2. The highest BCUT2D eigenvalue weighted by atomic mass is 35.5. The fourth-order valence-electron chi connectivity index (χ4n) is 1.49. The Balaban J connectivity index is 2.35. The fourth-order valence-corrected chi connectivity index (χ4v) is 4.25. The standard InChI is InChI=1S/C13H21Cl2N2O2PS/c1-12-2-4-13(5-3-12)21-11-10-19-20(18,16-8-6-14)17-9-7-15/h2-5H,6-11H2,1H3,(H2,16,17,18). The molecule has 1 aromatic carbocycles. The molecule has 0 bridgehead atoms. The number of benzene rings is 1. The summed E-state index contributed by atoms with van der Waals surface area (Å²) in [5.74, 6) is 1.46. The van der Waals surface area contributed by atoms with Crippen LogP contribution in [0, 0.1) is 6.92 Å². The average Bonchev–Trinajstić information content (AvgIpc) is 2.49. The van der Waals surface area contributed by atoms with Gasteiger partial charge < -0.3 is 4.52 Å². The molecule has 0 amide bonds. The second kappa shape index (κ2) is 10.9. The summed E-state index contributed by atoms with van der Waals surface area (Å²) in [6.07, 6.45) is 0. The molecular formula is C13H21Cl2N2O2PS. The summed E-state index contributed by atoms with van der Waals surface area (Å²) >= 11 is 12.9. The van der Waals surface area contributed by atoms with E-state index in [-0.39, 0.29) is 0 Å². The van der Waals surface area contributed by atoms with Gasteiger partial charge in [-0.3, -0.25) is 4.57 Å². The second-order valence-corrected chi connectivity index (χ2v) is 8.16. The van der Waals surface area contributed by atoms with Gasteiger partial charge in [-0.2, -0.15) is 0 Å². The lowest BCUT2D eigenvalue weighted by Gasteiger charge is -2.19. The van der Waals surface area contributed by atoms with Gasteiger partial charge in [-0.25, -0.2) is 10.2 Å². The van der Waals surface area contributed by atoms with Crippen LogP contribution in [-0.2, 0) is 9.09 Å². The minimum atomic E-state index is -3.06. The van der Waals surface area contributed by atoms with Gasteiger partial charge in [-0.05, 0) is 19.1 Å². The van der Waals surface area contributed by atoms with Crippen molar-refractivity contribution in [3.8, 4) is 0 Å². The molecule has 4 nitrogen and oxygen atoms in total. The van der Waals surface area contributed by atoms with Crippen LogP contribution >= 0.6 is 42.6 Å². The molecule has 0 radical (unpaired) electrons. The number of nitrogens with one attached hydrogen (secondary N) is 2. The van der Waals surface area contributed by atoms with Gasteiger partial charge in [-0.15, -0.1) is 35.0 Å². The first-order chi connectivity index (χ1) is 10.1. The van der Waals surface area contributed by atoms with Crippen molar-refractivity contribution in [2.75, 3.05) is 37.2 Å². The highest BCUT2D eigenvalue weighted by molar-refractivity contribution is 7.99. The molecule has 8 heteroatoms.